The summed E-state index contributed by atoms with van der Waals surface area (Å²) in [5.74, 6) is 1.40. The van der Waals surface area contributed by atoms with Gasteiger partial charge in [-0.1, -0.05) is 103 Å². The Bertz CT molecular complexity index is 1880. The molecule has 0 spiro atoms. The Hall–Kier alpha value is -4.96. The second kappa shape index (κ2) is 8.36. The van der Waals surface area contributed by atoms with Gasteiger partial charge in [-0.05, 0) is 22.9 Å². The van der Waals surface area contributed by atoms with Gasteiger partial charge in [0.25, 0.3) is 0 Å². The quantitative estimate of drug-likeness (QED) is 0.253. The summed E-state index contributed by atoms with van der Waals surface area (Å²) in [5, 5.41) is 4.18. The molecule has 0 aliphatic heterocycles. The fourth-order valence-electron chi connectivity index (χ4n) is 4.78. The molecular weight excluding hydrogens is 440 g/mol. The van der Waals surface area contributed by atoms with E-state index in [0.717, 1.165) is 55.0 Å². The molecule has 4 heteroatoms. The molecule has 0 atom stereocenters. The van der Waals surface area contributed by atoms with Gasteiger partial charge in [0.1, 0.15) is 0 Å². The molecule has 7 aromatic rings. The van der Waals surface area contributed by atoms with Crippen molar-refractivity contribution >= 4 is 32.6 Å². The molecule has 0 aliphatic carbocycles. The minimum absolute atomic E-state index is 0.692. The molecule has 0 amide bonds. The minimum Gasteiger partial charge on any atom is -0.236 e. The first kappa shape index (κ1) is 20.4. The van der Waals surface area contributed by atoms with Crippen LogP contribution in [0.1, 0.15) is 0 Å². The first-order chi connectivity index (χ1) is 17.8. The van der Waals surface area contributed by atoms with E-state index in [-0.39, 0.29) is 0 Å². The summed E-state index contributed by atoms with van der Waals surface area (Å²) in [6.07, 6.45) is 1.89. The van der Waals surface area contributed by atoms with E-state index in [1.807, 2.05) is 60.8 Å². The summed E-state index contributed by atoms with van der Waals surface area (Å²) in [5.41, 5.74) is 5.65. The predicted octanol–water partition coefficient (Wildman–Crippen LogP) is 7.73. The number of benzene rings is 5. The zero-order valence-corrected chi connectivity index (χ0v) is 19.3. The number of fused-ring (bicyclic) bond motifs is 4. The van der Waals surface area contributed by atoms with Gasteiger partial charge in [0.2, 0.25) is 0 Å². The molecular formula is C32H20N4. The van der Waals surface area contributed by atoms with E-state index >= 15 is 0 Å². The Labute approximate surface area is 208 Å². The fraction of sp³-hybridized carbons (Fsp3) is 0. The Morgan fingerprint density at radius 1 is 0.444 bits per heavy atom. The highest BCUT2D eigenvalue weighted by Gasteiger charge is 2.16. The molecule has 0 unspecified atom stereocenters. The van der Waals surface area contributed by atoms with E-state index in [1.54, 1.807) is 0 Å². The van der Waals surface area contributed by atoms with Crippen LogP contribution in [0.4, 0.5) is 0 Å². The molecule has 0 N–H and O–H groups in total. The number of hydrogen-bond donors (Lipinski definition) is 0. The smallest absolute Gasteiger partial charge is 0.161 e. The van der Waals surface area contributed by atoms with Crippen LogP contribution < -0.4 is 0 Å². The monoisotopic (exact) mass is 460 g/mol. The molecule has 0 saturated heterocycles. The van der Waals surface area contributed by atoms with Crippen molar-refractivity contribution in [3.05, 3.63) is 121 Å². The van der Waals surface area contributed by atoms with Crippen LogP contribution in [0.25, 0.3) is 66.6 Å². The lowest BCUT2D eigenvalue weighted by Gasteiger charge is -2.13. The van der Waals surface area contributed by atoms with Crippen molar-refractivity contribution in [1.82, 2.24) is 19.9 Å². The topological polar surface area (TPSA) is 51.6 Å². The van der Waals surface area contributed by atoms with Crippen LogP contribution in [-0.4, -0.2) is 19.9 Å². The summed E-state index contributed by atoms with van der Waals surface area (Å²) >= 11 is 0. The maximum Gasteiger partial charge on any atom is 0.161 e. The Morgan fingerprint density at radius 2 is 1.17 bits per heavy atom. The Kier molecular flexibility index (Phi) is 4.74. The van der Waals surface area contributed by atoms with E-state index in [9.17, 15) is 0 Å². The largest absolute Gasteiger partial charge is 0.236 e. The Balaban J connectivity index is 1.54. The zero-order chi connectivity index (χ0) is 23.9. The number of aromatic nitrogens is 4. The van der Waals surface area contributed by atoms with Gasteiger partial charge < -0.3 is 0 Å². The number of nitrogens with zero attached hydrogens (tertiary/aromatic N) is 4. The third kappa shape index (κ3) is 3.39. The van der Waals surface area contributed by atoms with E-state index < -0.39 is 0 Å². The van der Waals surface area contributed by atoms with Gasteiger partial charge in [-0.25, -0.2) is 19.9 Å². The fourth-order valence-corrected chi connectivity index (χ4v) is 4.78. The van der Waals surface area contributed by atoms with Gasteiger partial charge in [-0.3, -0.25) is 0 Å². The lowest BCUT2D eigenvalue weighted by molar-refractivity contribution is 1.21. The second-order valence-electron chi connectivity index (χ2n) is 8.74. The first-order valence-electron chi connectivity index (χ1n) is 11.9. The first-order valence-corrected chi connectivity index (χ1v) is 11.9. The van der Waals surface area contributed by atoms with Crippen molar-refractivity contribution in [1.29, 1.82) is 0 Å². The van der Waals surface area contributed by atoms with Gasteiger partial charge in [-0.15, -0.1) is 0 Å². The van der Waals surface area contributed by atoms with Gasteiger partial charge in [0, 0.05) is 33.7 Å². The van der Waals surface area contributed by atoms with E-state index in [2.05, 4.69) is 60.7 Å². The molecule has 0 saturated carbocycles. The maximum absolute atomic E-state index is 5.12. The van der Waals surface area contributed by atoms with Crippen molar-refractivity contribution in [2.45, 2.75) is 0 Å². The molecule has 2 heterocycles. The van der Waals surface area contributed by atoms with Crippen molar-refractivity contribution in [2.75, 3.05) is 0 Å². The molecule has 0 bridgehead atoms. The second-order valence-corrected chi connectivity index (χ2v) is 8.74. The summed E-state index contributed by atoms with van der Waals surface area (Å²) in [7, 11) is 0. The van der Waals surface area contributed by atoms with Gasteiger partial charge in [0.15, 0.2) is 11.6 Å². The van der Waals surface area contributed by atoms with Crippen molar-refractivity contribution < 1.29 is 0 Å². The van der Waals surface area contributed by atoms with E-state index in [4.69, 9.17) is 19.9 Å². The van der Waals surface area contributed by atoms with Gasteiger partial charge >= 0.3 is 0 Å². The lowest BCUT2D eigenvalue weighted by Crippen LogP contribution is -1.98. The molecule has 0 aliphatic rings. The number of rotatable bonds is 3. The Morgan fingerprint density at radius 3 is 2.00 bits per heavy atom. The van der Waals surface area contributed by atoms with Crippen LogP contribution in [0.2, 0.25) is 0 Å². The van der Waals surface area contributed by atoms with Crippen LogP contribution in [0.15, 0.2) is 121 Å². The standard InChI is InChI=1S/C32H20N4/c1-3-11-22(12-4-1)29-26-18-19-28-27(20-33-31(34-28)23-13-5-2-6-14-23)30(26)36-32(35-29)25-17-9-15-21-10-7-8-16-24(21)25/h1-20H. The highest BCUT2D eigenvalue weighted by atomic mass is 14.9. The van der Waals surface area contributed by atoms with Crippen LogP contribution in [0, 0.1) is 0 Å². The van der Waals surface area contributed by atoms with Gasteiger partial charge in [0.05, 0.1) is 16.7 Å². The summed E-state index contributed by atoms with van der Waals surface area (Å²) < 4.78 is 0. The molecule has 7 rings (SSSR count). The van der Waals surface area contributed by atoms with Crippen LogP contribution >= 0.6 is 0 Å². The predicted molar refractivity (Wildman–Crippen MR) is 146 cm³/mol. The molecule has 0 radical (unpaired) electrons. The molecule has 5 aromatic carbocycles. The summed E-state index contributed by atoms with van der Waals surface area (Å²) in [6.45, 7) is 0. The van der Waals surface area contributed by atoms with Crippen molar-refractivity contribution in [3.63, 3.8) is 0 Å². The molecule has 2 aromatic heterocycles. The van der Waals surface area contributed by atoms with E-state index in [0.29, 0.717) is 11.6 Å². The average Bonchev–Trinajstić information content (AvgIpc) is 2.97. The SMILES string of the molecule is c1ccc(-c2ncc3c(ccc4c(-c5ccccc5)nc(-c5cccc6ccccc56)nc43)n2)cc1. The van der Waals surface area contributed by atoms with Crippen molar-refractivity contribution in [3.8, 4) is 34.0 Å². The third-order valence-electron chi connectivity index (χ3n) is 6.54. The summed E-state index contributed by atoms with van der Waals surface area (Å²) in [4.78, 5) is 19.8. The highest BCUT2D eigenvalue weighted by Crippen LogP contribution is 2.35. The summed E-state index contributed by atoms with van der Waals surface area (Å²) in [6, 6.07) is 39.1. The number of hydrogen-bond acceptors (Lipinski definition) is 4. The van der Waals surface area contributed by atoms with Crippen molar-refractivity contribution in [2.24, 2.45) is 0 Å². The highest BCUT2D eigenvalue weighted by molar-refractivity contribution is 6.09. The lowest BCUT2D eigenvalue weighted by atomic mass is 10.0. The normalized spacial score (nSPS) is 11.3. The van der Waals surface area contributed by atoms with Gasteiger partial charge in [-0.2, -0.15) is 0 Å². The third-order valence-corrected chi connectivity index (χ3v) is 6.54. The van der Waals surface area contributed by atoms with Crippen LogP contribution in [0.3, 0.4) is 0 Å². The van der Waals surface area contributed by atoms with E-state index in [1.165, 1.54) is 0 Å². The minimum atomic E-state index is 0.692. The van der Waals surface area contributed by atoms with Crippen LogP contribution in [0.5, 0.6) is 0 Å². The van der Waals surface area contributed by atoms with Crippen LogP contribution in [-0.2, 0) is 0 Å². The molecule has 4 nitrogen and oxygen atoms in total. The molecule has 0 fully saturated rings. The average molecular weight is 461 g/mol. The molecule has 36 heavy (non-hydrogen) atoms. The molecule has 168 valence electrons. The zero-order valence-electron chi connectivity index (χ0n) is 19.3. The maximum atomic E-state index is 5.12.